The highest BCUT2D eigenvalue weighted by atomic mass is 16.7. The lowest BCUT2D eigenvalue weighted by molar-refractivity contribution is -0.385. The van der Waals surface area contributed by atoms with Crippen LogP contribution in [0.3, 0.4) is 0 Å². The third kappa shape index (κ3) is 4.16. The first-order chi connectivity index (χ1) is 14.2. The highest BCUT2D eigenvalue weighted by Gasteiger charge is 2.22. The number of fused-ring (bicyclic) bond motifs is 1. The molecular weight excluding hydrogens is 376 g/mol. The standard InChI is InChI=1S/C19H14N6O4/c26-25(27)15-10-17-16(28-12-29-17)9-13(15)11-22-24-19(14-5-1-3-7-20-14)23-18-6-2-4-8-21-18/h1-11H,12H2,(H,21,23,24)/p+1/b22-11-. The second-order valence-electron chi connectivity index (χ2n) is 5.81. The number of pyridine rings is 2. The number of nitro groups is 1. The van der Waals surface area contributed by atoms with Gasteiger partial charge in [0.25, 0.3) is 11.5 Å². The Labute approximate surface area is 164 Å². The monoisotopic (exact) mass is 391 g/mol. The van der Waals surface area contributed by atoms with Crippen molar-refractivity contribution in [2.75, 3.05) is 6.79 Å². The summed E-state index contributed by atoms with van der Waals surface area (Å²) in [6.07, 6.45) is 4.70. The molecule has 29 heavy (non-hydrogen) atoms. The van der Waals surface area contributed by atoms with E-state index >= 15 is 0 Å². The first-order valence-electron chi connectivity index (χ1n) is 8.54. The zero-order chi connectivity index (χ0) is 20.1. The molecular formula is C19H15N6O4+. The van der Waals surface area contributed by atoms with E-state index < -0.39 is 4.92 Å². The summed E-state index contributed by atoms with van der Waals surface area (Å²) < 4.78 is 10.5. The molecule has 0 radical (unpaired) electrons. The Morgan fingerprint density at radius 1 is 1.21 bits per heavy atom. The third-order valence-electron chi connectivity index (χ3n) is 3.93. The van der Waals surface area contributed by atoms with E-state index in [1.807, 2.05) is 18.2 Å². The molecule has 0 saturated carbocycles. The van der Waals surface area contributed by atoms with Gasteiger partial charge in [-0.3, -0.25) is 15.1 Å². The molecule has 0 atom stereocenters. The Morgan fingerprint density at radius 2 is 2.03 bits per heavy atom. The summed E-state index contributed by atoms with van der Waals surface area (Å²) in [6.45, 7) is 0.0232. The van der Waals surface area contributed by atoms with Crippen molar-refractivity contribution < 1.29 is 19.4 Å². The van der Waals surface area contributed by atoms with E-state index in [-0.39, 0.29) is 18.0 Å². The largest absolute Gasteiger partial charge is 0.454 e. The summed E-state index contributed by atoms with van der Waals surface area (Å²) in [5, 5.41) is 15.5. The molecule has 3 aromatic rings. The number of amidine groups is 1. The van der Waals surface area contributed by atoms with Gasteiger partial charge in [0.2, 0.25) is 6.79 Å². The zero-order valence-electron chi connectivity index (χ0n) is 15.0. The fourth-order valence-corrected chi connectivity index (χ4v) is 2.59. The minimum absolute atomic E-state index is 0.0232. The SMILES string of the molecule is O=[N+]([O-])c1cc2c(cc1/C=N\NC(=Nc1cccc[nH+]1)c1ccccn1)OCO2. The molecule has 0 spiro atoms. The molecule has 3 heterocycles. The summed E-state index contributed by atoms with van der Waals surface area (Å²) in [5.74, 6) is 1.71. The maximum absolute atomic E-state index is 11.4. The van der Waals surface area contributed by atoms with Gasteiger partial charge in [0.05, 0.1) is 29.0 Å². The quantitative estimate of drug-likeness (QED) is 0.308. The Bertz CT molecular complexity index is 1090. The van der Waals surface area contributed by atoms with E-state index in [0.717, 1.165) is 0 Å². The fourth-order valence-electron chi connectivity index (χ4n) is 2.59. The molecule has 0 amide bonds. The lowest BCUT2D eigenvalue weighted by atomic mass is 10.1. The number of aliphatic imine (C=N–C) groups is 1. The van der Waals surface area contributed by atoms with Crippen LogP contribution in [0.5, 0.6) is 11.5 Å². The van der Waals surface area contributed by atoms with Crippen molar-refractivity contribution in [2.24, 2.45) is 10.1 Å². The van der Waals surface area contributed by atoms with Gasteiger partial charge in [0.1, 0.15) is 5.69 Å². The highest BCUT2D eigenvalue weighted by molar-refractivity contribution is 5.99. The lowest BCUT2D eigenvalue weighted by Gasteiger charge is -2.02. The molecule has 1 aliphatic rings. The topological polar surface area (TPSA) is 125 Å². The second-order valence-corrected chi connectivity index (χ2v) is 5.81. The molecule has 0 bridgehead atoms. The van der Waals surface area contributed by atoms with E-state index in [1.54, 1.807) is 30.6 Å². The van der Waals surface area contributed by atoms with E-state index in [1.165, 1.54) is 18.3 Å². The number of hydrazone groups is 1. The number of nitrogens with zero attached hydrogens (tertiary/aromatic N) is 4. The molecule has 2 aromatic heterocycles. The van der Waals surface area contributed by atoms with Gasteiger partial charge in [-0.15, -0.1) is 0 Å². The number of aromatic nitrogens is 2. The first-order valence-corrected chi connectivity index (χ1v) is 8.54. The van der Waals surface area contributed by atoms with Crippen molar-refractivity contribution in [3.63, 3.8) is 0 Å². The predicted molar refractivity (Wildman–Crippen MR) is 103 cm³/mol. The van der Waals surface area contributed by atoms with Crippen molar-refractivity contribution >= 4 is 23.6 Å². The number of aromatic amines is 1. The Balaban J connectivity index is 1.64. The Kier molecular flexibility index (Phi) is 5.06. The summed E-state index contributed by atoms with van der Waals surface area (Å²) in [7, 11) is 0. The van der Waals surface area contributed by atoms with E-state index in [9.17, 15) is 10.1 Å². The molecule has 0 aliphatic carbocycles. The van der Waals surface area contributed by atoms with Gasteiger partial charge in [0, 0.05) is 12.3 Å². The number of H-pyrrole nitrogens is 1. The Morgan fingerprint density at radius 3 is 2.76 bits per heavy atom. The number of hydrogen-bond acceptors (Lipinski definition) is 7. The summed E-state index contributed by atoms with van der Waals surface area (Å²) in [5.41, 5.74) is 3.48. The van der Waals surface area contributed by atoms with Crippen LogP contribution in [0.25, 0.3) is 0 Å². The van der Waals surface area contributed by atoms with Crippen LogP contribution in [-0.4, -0.2) is 28.8 Å². The van der Waals surface area contributed by atoms with Crippen LogP contribution in [0.15, 0.2) is 71.0 Å². The van der Waals surface area contributed by atoms with Gasteiger partial charge in [-0.05, 0) is 29.3 Å². The Hall–Kier alpha value is -4.34. The number of nitrogens with one attached hydrogen (secondary N) is 2. The molecule has 2 N–H and O–H groups in total. The van der Waals surface area contributed by atoms with Gasteiger partial charge in [-0.25, -0.2) is 10.4 Å². The smallest absolute Gasteiger partial charge is 0.323 e. The van der Waals surface area contributed by atoms with Gasteiger partial charge < -0.3 is 9.47 Å². The summed E-state index contributed by atoms with van der Waals surface area (Å²) >= 11 is 0. The van der Waals surface area contributed by atoms with Crippen molar-refractivity contribution in [2.45, 2.75) is 0 Å². The maximum atomic E-state index is 11.4. The number of hydrogen-bond donors (Lipinski definition) is 1. The average molecular weight is 391 g/mol. The number of ether oxygens (including phenoxy) is 2. The van der Waals surface area contributed by atoms with E-state index in [4.69, 9.17) is 9.47 Å². The van der Waals surface area contributed by atoms with Crippen LogP contribution in [0, 0.1) is 10.1 Å². The molecule has 144 valence electrons. The van der Waals surface area contributed by atoms with Crippen molar-refractivity contribution in [1.29, 1.82) is 0 Å². The molecule has 4 rings (SSSR count). The molecule has 0 unspecified atom stereocenters. The zero-order valence-corrected chi connectivity index (χ0v) is 15.0. The minimum atomic E-state index is -0.504. The third-order valence-corrected chi connectivity index (χ3v) is 3.93. The fraction of sp³-hybridized carbons (Fsp3) is 0.0526. The van der Waals surface area contributed by atoms with Crippen LogP contribution in [-0.2, 0) is 0 Å². The van der Waals surface area contributed by atoms with Crippen LogP contribution < -0.4 is 19.9 Å². The van der Waals surface area contributed by atoms with Crippen LogP contribution in [0.1, 0.15) is 11.3 Å². The van der Waals surface area contributed by atoms with Crippen molar-refractivity contribution in [3.05, 3.63) is 82.3 Å². The van der Waals surface area contributed by atoms with Gasteiger partial charge >= 0.3 is 5.82 Å². The summed E-state index contributed by atoms with van der Waals surface area (Å²) in [6, 6.07) is 13.7. The van der Waals surface area contributed by atoms with Crippen LogP contribution in [0.4, 0.5) is 11.5 Å². The number of benzene rings is 1. The molecule has 10 heteroatoms. The number of rotatable bonds is 5. The number of nitro benzene ring substituents is 1. The molecule has 0 fully saturated rings. The molecule has 0 saturated heterocycles. The first kappa shape index (κ1) is 18.0. The molecule has 1 aliphatic heterocycles. The summed E-state index contributed by atoms with van der Waals surface area (Å²) in [4.78, 5) is 22.6. The van der Waals surface area contributed by atoms with Crippen molar-refractivity contribution in [1.82, 2.24) is 10.4 Å². The van der Waals surface area contributed by atoms with E-state index in [0.29, 0.717) is 28.8 Å². The maximum Gasteiger partial charge on any atom is 0.323 e. The molecule has 1 aromatic carbocycles. The van der Waals surface area contributed by atoms with E-state index in [2.05, 4.69) is 25.5 Å². The van der Waals surface area contributed by atoms with Crippen molar-refractivity contribution in [3.8, 4) is 11.5 Å². The van der Waals surface area contributed by atoms with Crippen LogP contribution >= 0.6 is 0 Å². The van der Waals surface area contributed by atoms with Gasteiger partial charge in [-0.1, -0.05) is 12.1 Å². The molecule has 10 nitrogen and oxygen atoms in total. The average Bonchev–Trinajstić information content (AvgIpc) is 3.21. The highest BCUT2D eigenvalue weighted by Crippen LogP contribution is 2.37. The van der Waals surface area contributed by atoms with Gasteiger partial charge in [-0.2, -0.15) is 5.10 Å². The van der Waals surface area contributed by atoms with Gasteiger partial charge in [0.15, 0.2) is 11.5 Å². The predicted octanol–water partition coefficient (Wildman–Crippen LogP) is 2.23. The normalized spacial score (nSPS) is 12.9. The minimum Gasteiger partial charge on any atom is -0.454 e. The second kappa shape index (κ2) is 8.13. The lowest BCUT2D eigenvalue weighted by Crippen LogP contribution is -2.21. The van der Waals surface area contributed by atoms with Crippen LogP contribution in [0.2, 0.25) is 0 Å².